The first-order valence-corrected chi connectivity index (χ1v) is 5.41. The number of rotatable bonds is 3. The van der Waals surface area contributed by atoms with Crippen LogP contribution in [0.15, 0.2) is 12.3 Å². The lowest BCUT2D eigenvalue weighted by atomic mass is 10.0. The number of hydrogen-bond acceptors (Lipinski definition) is 3. The number of anilines is 1. The molecule has 3 nitrogen and oxygen atoms in total. The van der Waals surface area contributed by atoms with Crippen LogP contribution in [0.5, 0.6) is 0 Å². The lowest BCUT2D eigenvalue weighted by Gasteiger charge is -2.23. The summed E-state index contributed by atoms with van der Waals surface area (Å²) >= 11 is 0. The van der Waals surface area contributed by atoms with Crippen molar-refractivity contribution in [1.82, 2.24) is 10.3 Å². The molecular formula is C12H20FN3. The van der Waals surface area contributed by atoms with Crippen molar-refractivity contribution < 1.29 is 4.39 Å². The predicted molar refractivity (Wildman–Crippen MR) is 65.0 cm³/mol. The first-order chi connectivity index (χ1) is 7.31. The van der Waals surface area contributed by atoms with E-state index in [1.165, 1.54) is 0 Å². The molecule has 0 saturated carbocycles. The van der Waals surface area contributed by atoms with Gasteiger partial charge in [-0.3, -0.25) is 0 Å². The second-order valence-corrected chi connectivity index (χ2v) is 5.03. The van der Waals surface area contributed by atoms with Crippen LogP contribution in [0.3, 0.4) is 0 Å². The van der Waals surface area contributed by atoms with Crippen LogP contribution in [0, 0.1) is 6.92 Å². The van der Waals surface area contributed by atoms with Gasteiger partial charge >= 0.3 is 0 Å². The van der Waals surface area contributed by atoms with Crippen molar-refractivity contribution in [2.45, 2.75) is 39.4 Å². The fraction of sp³-hybridized carbons (Fsp3) is 0.583. The third-order valence-corrected chi connectivity index (χ3v) is 2.36. The van der Waals surface area contributed by atoms with Gasteiger partial charge in [-0.25, -0.2) is 9.37 Å². The lowest BCUT2D eigenvalue weighted by Crippen LogP contribution is -2.38. The topological polar surface area (TPSA) is 50.9 Å². The molecule has 1 aromatic rings. The van der Waals surface area contributed by atoms with Crippen LogP contribution in [-0.2, 0) is 0 Å². The molecule has 0 spiro atoms. The van der Waals surface area contributed by atoms with Crippen molar-refractivity contribution in [1.29, 1.82) is 0 Å². The van der Waals surface area contributed by atoms with Crippen LogP contribution in [0.25, 0.3) is 0 Å². The van der Waals surface area contributed by atoms with Crippen LogP contribution in [0.2, 0.25) is 0 Å². The Kier molecular flexibility index (Phi) is 3.86. The molecule has 0 bridgehead atoms. The molecule has 1 rings (SSSR count). The van der Waals surface area contributed by atoms with E-state index in [1.807, 2.05) is 27.7 Å². The quantitative estimate of drug-likeness (QED) is 0.830. The fourth-order valence-corrected chi connectivity index (χ4v) is 1.50. The maximum absolute atomic E-state index is 14.0. The summed E-state index contributed by atoms with van der Waals surface area (Å²) < 4.78 is 14.0. The molecule has 0 aliphatic heterocycles. The van der Waals surface area contributed by atoms with E-state index in [4.69, 9.17) is 5.73 Å². The molecule has 0 radical (unpaired) electrons. The smallest absolute Gasteiger partial charge is 0.141 e. The number of nitrogen functional groups attached to an aromatic ring is 1. The molecular weight excluding hydrogens is 205 g/mol. The molecule has 16 heavy (non-hydrogen) atoms. The largest absolute Gasteiger partial charge is 0.383 e. The second-order valence-electron chi connectivity index (χ2n) is 5.03. The number of nitrogens with two attached hydrogens (primary N) is 1. The number of nitrogens with one attached hydrogen (secondary N) is 1. The number of halogens is 1. The van der Waals surface area contributed by atoms with Crippen molar-refractivity contribution in [3.05, 3.63) is 23.4 Å². The normalized spacial score (nSPS) is 13.8. The number of hydrogen-bond donors (Lipinski definition) is 2. The van der Waals surface area contributed by atoms with E-state index in [0.29, 0.717) is 5.56 Å². The van der Waals surface area contributed by atoms with Gasteiger partial charge in [-0.2, -0.15) is 0 Å². The minimum atomic E-state index is -1.12. The highest BCUT2D eigenvalue weighted by Gasteiger charge is 2.19. The highest BCUT2D eigenvalue weighted by atomic mass is 19.1. The molecule has 0 aliphatic carbocycles. The van der Waals surface area contributed by atoms with Crippen molar-refractivity contribution in [3.63, 3.8) is 0 Å². The Balaban J connectivity index is 2.77. The number of pyridine rings is 1. The summed E-state index contributed by atoms with van der Waals surface area (Å²) in [6, 6.07) is 1.77. The molecule has 0 aliphatic rings. The molecule has 0 fully saturated rings. The van der Waals surface area contributed by atoms with Crippen LogP contribution >= 0.6 is 0 Å². The summed E-state index contributed by atoms with van der Waals surface area (Å²) in [5, 5.41) is 3.12. The predicted octanol–water partition coefficient (Wildman–Crippen LogP) is 2.37. The van der Waals surface area contributed by atoms with Gasteiger partial charge in [0.15, 0.2) is 0 Å². The van der Waals surface area contributed by atoms with Gasteiger partial charge in [-0.1, -0.05) is 0 Å². The van der Waals surface area contributed by atoms with E-state index >= 15 is 0 Å². The van der Waals surface area contributed by atoms with E-state index in [-0.39, 0.29) is 17.9 Å². The molecule has 0 aromatic carbocycles. The third-order valence-electron chi connectivity index (χ3n) is 2.36. The van der Waals surface area contributed by atoms with E-state index in [0.717, 1.165) is 5.56 Å². The maximum Gasteiger partial charge on any atom is 0.141 e. The summed E-state index contributed by atoms with van der Waals surface area (Å²) in [7, 11) is 0. The molecule has 1 atom stereocenters. The molecule has 0 amide bonds. The van der Waals surface area contributed by atoms with E-state index < -0.39 is 6.17 Å². The lowest BCUT2D eigenvalue weighted by molar-refractivity contribution is 0.291. The number of aryl methyl sites for hydroxylation is 1. The summed E-state index contributed by atoms with van der Waals surface area (Å²) in [6.07, 6.45) is 0.478. The van der Waals surface area contributed by atoms with Crippen molar-refractivity contribution in [2.75, 3.05) is 12.3 Å². The summed E-state index contributed by atoms with van der Waals surface area (Å²) in [5.41, 5.74) is 6.92. The van der Waals surface area contributed by atoms with E-state index in [9.17, 15) is 4.39 Å². The zero-order valence-electron chi connectivity index (χ0n) is 10.3. The summed E-state index contributed by atoms with van der Waals surface area (Å²) in [6.45, 7) is 8.09. The Labute approximate surface area is 96.3 Å². The Bertz CT molecular complexity index is 338. The zero-order valence-corrected chi connectivity index (χ0v) is 10.3. The Morgan fingerprint density at radius 1 is 1.50 bits per heavy atom. The van der Waals surface area contributed by atoms with Gasteiger partial charge in [0, 0.05) is 23.8 Å². The molecule has 0 saturated heterocycles. The number of alkyl halides is 1. The van der Waals surface area contributed by atoms with Crippen LogP contribution in [0.1, 0.15) is 38.1 Å². The number of aromatic nitrogens is 1. The average Bonchev–Trinajstić information content (AvgIpc) is 2.13. The number of nitrogens with zero attached hydrogens (tertiary/aromatic N) is 1. The van der Waals surface area contributed by atoms with Gasteiger partial charge < -0.3 is 11.1 Å². The Hall–Kier alpha value is -1.16. The Morgan fingerprint density at radius 3 is 2.62 bits per heavy atom. The highest BCUT2D eigenvalue weighted by molar-refractivity contribution is 5.45. The molecule has 4 heteroatoms. The van der Waals surface area contributed by atoms with Crippen LogP contribution in [-0.4, -0.2) is 17.1 Å². The minimum Gasteiger partial charge on any atom is -0.383 e. The zero-order chi connectivity index (χ0) is 12.3. The highest BCUT2D eigenvalue weighted by Crippen LogP contribution is 2.25. The standard InChI is InChI=1S/C12H20FN3/c1-8-5-6-15-11(14)10(8)9(13)7-16-12(2,3)4/h5-6,9,16H,7H2,1-4H3,(H2,14,15). The average molecular weight is 225 g/mol. The minimum absolute atomic E-state index is 0.102. The molecule has 90 valence electrons. The third kappa shape index (κ3) is 3.45. The van der Waals surface area contributed by atoms with Crippen LogP contribution < -0.4 is 11.1 Å². The first-order valence-electron chi connectivity index (χ1n) is 5.41. The molecule has 1 heterocycles. The molecule has 1 unspecified atom stereocenters. The van der Waals surface area contributed by atoms with Crippen molar-refractivity contribution in [2.24, 2.45) is 0 Å². The van der Waals surface area contributed by atoms with Crippen molar-refractivity contribution in [3.8, 4) is 0 Å². The second kappa shape index (κ2) is 4.78. The van der Waals surface area contributed by atoms with Gasteiger partial charge in [-0.15, -0.1) is 0 Å². The van der Waals surface area contributed by atoms with E-state index in [2.05, 4.69) is 10.3 Å². The monoisotopic (exact) mass is 225 g/mol. The Morgan fingerprint density at radius 2 is 2.12 bits per heavy atom. The first kappa shape index (κ1) is 12.9. The van der Waals surface area contributed by atoms with Crippen LogP contribution in [0.4, 0.5) is 10.2 Å². The van der Waals surface area contributed by atoms with Gasteiger partial charge in [-0.05, 0) is 39.3 Å². The molecule has 1 aromatic heterocycles. The maximum atomic E-state index is 14.0. The summed E-state index contributed by atoms with van der Waals surface area (Å²) in [5.74, 6) is 0.281. The van der Waals surface area contributed by atoms with Gasteiger partial charge in [0.25, 0.3) is 0 Å². The van der Waals surface area contributed by atoms with Gasteiger partial charge in [0.05, 0.1) is 0 Å². The summed E-state index contributed by atoms with van der Waals surface area (Å²) in [4.78, 5) is 3.92. The van der Waals surface area contributed by atoms with Crippen molar-refractivity contribution >= 4 is 5.82 Å². The van der Waals surface area contributed by atoms with E-state index in [1.54, 1.807) is 12.3 Å². The van der Waals surface area contributed by atoms with Gasteiger partial charge in [0.2, 0.25) is 0 Å². The van der Waals surface area contributed by atoms with Gasteiger partial charge in [0.1, 0.15) is 12.0 Å². The molecule has 3 N–H and O–H groups in total. The SMILES string of the molecule is Cc1ccnc(N)c1C(F)CNC(C)(C)C. The fourth-order valence-electron chi connectivity index (χ4n) is 1.50.